The van der Waals surface area contributed by atoms with E-state index in [2.05, 4.69) is 54.8 Å². The Morgan fingerprint density at radius 1 is 1.15 bits per heavy atom. The molecule has 0 bridgehead atoms. The fraction of sp³-hybridized carbons (Fsp3) is 0.667. The second-order valence-electron chi connectivity index (χ2n) is 7.24. The van der Waals surface area contributed by atoms with Gasteiger partial charge in [0, 0.05) is 25.1 Å². The van der Waals surface area contributed by atoms with E-state index < -0.39 is 0 Å². The maximum atomic E-state index is 9.23. The van der Waals surface area contributed by atoms with Gasteiger partial charge < -0.3 is 15.7 Å². The van der Waals surface area contributed by atoms with E-state index in [4.69, 9.17) is 4.99 Å². The zero-order valence-electron chi connectivity index (χ0n) is 16.3. The molecule has 1 aromatic carbocycles. The van der Waals surface area contributed by atoms with Crippen molar-refractivity contribution in [3.8, 4) is 0 Å². The normalized spacial score (nSPS) is 17.0. The SMILES string of the molecule is CCCC(CCO)CNC(=NCC1(c2ccccc2)CCC1)NCC.I. The van der Waals surface area contributed by atoms with Crippen LogP contribution in [-0.4, -0.2) is 37.3 Å². The van der Waals surface area contributed by atoms with Crippen LogP contribution in [0.25, 0.3) is 0 Å². The third-order valence-corrected chi connectivity index (χ3v) is 5.37. The van der Waals surface area contributed by atoms with E-state index in [1.165, 1.54) is 24.8 Å². The molecule has 0 aromatic heterocycles. The van der Waals surface area contributed by atoms with Crippen LogP contribution < -0.4 is 10.6 Å². The predicted octanol–water partition coefficient (Wildman–Crippen LogP) is 4.08. The minimum Gasteiger partial charge on any atom is -0.396 e. The Labute approximate surface area is 176 Å². The van der Waals surface area contributed by atoms with Gasteiger partial charge in [-0.15, -0.1) is 24.0 Å². The number of hydrogen-bond acceptors (Lipinski definition) is 2. The third kappa shape index (κ3) is 6.72. The summed E-state index contributed by atoms with van der Waals surface area (Å²) >= 11 is 0. The number of hydrogen-bond donors (Lipinski definition) is 3. The van der Waals surface area contributed by atoms with Crippen molar-refractivity contribution in [1.29, 1.82) is 0 Å². The highest BCUT2D eigenvalue weighted by atomic mass is 127. The van der Waals surface area contributed by atoms with E-state index in [0.717, 1.165) is 44.9 Å². The molecule has 1 atom stereocenters. The second-order valence-corrected chi connectivity index (χ2v) is 7.24. The Morgan fingerprint density at radius 2 is 1.88 bits per heavy atom. The molecule has 0 saturated heterocycles. The summed E-state index contributed by atoms with van der Waals surface area (Å²) < 4.78 is 0. The molecule has 0 amide bonds. The van der Waals surface area contributed by atoms with Crippen molar-refractivity contribution in [3.05, 3.63) is 35.9 Å². The number of aliphatic hydroxyl groups is 1. The Morgan fingerprint density at radius 3 is 2.42 bits per heavy atom. The van der Waals surface area contributed by atoms with E-state index in [9.17, 15) is 5.11 Å². The molecule has 26 heavy (non-hydrogen) atoms. The average molecular weight is 473 g/mol. The average Bonchev–Trinajstić information content (AvgIpc) is 2.59. The van der Waals surface area contributed by atoms with Crippen LogP contribution in [0.4, 0.5) is 0 Å². The molecule has 2 rings (SSSR count). The van der Waals surface area contributed by atoms with Gasteiger partial charge in [-0.3, -0.25) is 4.99 Å². The number of benzene rings is 1. The Kier molecular flexibility index (Phi) is 11.2. The smallest absolute Gasteiger partial charge is 0.191 e. The number of rotatable bonds is 10. The van der Waals surface area contributed by atoms with Crippen molar-refractivity contribution < 1.29 is 5.11 Å². The predicted molar refractivity (Wildman–Crippen MR) is 121 cm³/mol. The minimum atomic E-state index is 0. The van der Waals surface area contributed by atoms with Gasteiger partial charge in [0.05, 0.1) is 6.54 Å². The first-order valence-electron chi connectivity index (χ1n) is 9.92. The first-order chi connectivity index (χ1) is 12.2. The largest absolute Gasteiger partial charge is 0.396 e. The molecule has 1 aromatic rings. The topological polar surface area (TPSA) is 56.6 Å². The number of nitrogens with zero attached hydrogens (tertiary/aromatic N) is 1. The lowest BCUT2D eigenvalue weighted by Crippen LogP contribution is -2.43. The van der Waals surface area contributed by atoms with Gasteiger partial charge in [0.2, 0.25) is 0 Å². The van der Waals surface area contributed by atoms with Gasteiger partial charge in [-0.05, 0) is 44.1 Å². The van der Waals surface area contributed by atoms with Crippen LogP contribution in [0.3, 0.4) is 0 Å². The molecule has 1 saturated carbocycles. The van der Waals surface area contributed by atoms with Crippen LogP contribution in [0.15, 0.2) is 35.3 Å². The quantitative estimate of drug-likeness (QED) is 0.273. The number of halogens is 1. The number of nitrogens with one attached hydrogen (secondary N) is 2. The molecule has 0 radical (unpaired) electrons. The molecule has 0 aliphatic heterocycles. The van der Waals surface area contributed by atoms with Crippen molar-refractivity contribution in [1.82, 2.24) is 10.6 Å². The van der Waals surface area contributed by atoms with E-state index in [1.807, 2.05) is 0 Å². The maximum Gasteiger partial charge on any atom is 0.191 e. The van der Waals surface area contributed by atoms with E-state index in [1.54, 1.807) is 0 Å². The summed E-state index contributed by atoms with van der Waals surface area (Å²) in [6.45, 7) is 7.14. The summed E-state index contributed by atoms with van der Waals surface area (Å²) in [5, 5.41) is 16.1. The fourth-order valence-corrected chi connectivity index (χ4v) is 3.69. The third-order valence-electron chi connectivity index (χ3n) is 5.37. The summed E-state index contributed by atoms with van der Waals surface area (Å²) in [4.78, 5) is 4.91. The molecule has 148 valence electrons. The van der Waals surface area contributed by atoms with Gasteiger partial charge in [-0.2, -0.15) is 0 Å². The van der Waals surface area contributed by atoms with Gasteiger partial charge >= 0.3 is 0 Å². The van der Waals surface area contributed by atoms with Crippen molar-refractivity contribution in [2.24, 2.45) is 10.9 Å². The molecule has 1 unspecified atom stereocenters. The molecular weight excluding hydrogens is 437 g/mol. The van der Waals surface area contributed by atoms with Crippen molar-refractivity contribution in [2.45, 2.75) is 57.8 Å². The van der Waals surface area contributed by atoms with Crippen molar-refractivity contribution in [3.63, 3.8) is 0 Å². The number of aliphatic imine (C=N–C) groups is 1. The highest BCUT2D eigenvalue weighted by Crippen LogP contribution is 2.43. The Hall–Kier alpha value is -0.820. The second kappa shape index (κ2) is 12.5. The van der Waals surface area contributed by atoms with Crippen LogP contribution >= 0.6 is 24.0 Å². The Bertz CT molecular complexity index is 511. The van der Waals surface area contributed by atoms with Gasteiger partial charge in [0.25, 0.3) is 0 Å². The van der Waals surface area contributed by atoms with E-state index in [0.29, 0.717) is 5.92 Å². The number of guanidine groups is 1. The molecule has 1 aliphatic carbocycles. The summed E-state index contributed by atoms with van der Waals surface area (Å²) in [6.07, 6.45) is 6.89. The standard InChI is InChI=1S/C21H35N3O.HI/c1-3-9-18(12-15-25)16-23-20(22-4-2)24-17-21(13-8-14-21)19-10-6-5-7-11-19;/h5-7,10-11,18,25H,3-4,8-9,12-17H2,1-2H3,(H2,22,23,24);1H. The molecule has 1 fully saturated rings. The minimum absolute atomic E-state index is 0. The first-order valence-corrected chi connectivity index (χ1v) is 9.92. The molecule has 0 spiro atoms. The van der Waals surface area contributed by atoms with Crippen molar-refractivity contribution in [2.75, 3.05) is 26.2 Å². The fourth-order valence-electron chi connectivity index (χ4n) is 3.69. The lowest BCUT2D eigenvalue weighted by atomic mass is 9.64. The zero-order chi connectivity index (χ0) is 18.0. The summed E-state index contributed by atoms with van der Waals surface area (Å²) in [5.41, 5.74) is 1.64. The summed E-state index contributed by atoms with van der Waals surface area (Å²) in [7, 11) is 0. The van der Waals surface area contributed by atoms with Gasteiger partial charge in [-0.1, -0.05) is 50.1 Å². The monoisotopic (exact) mass is 473 g/mol. The molecule has 1 aliphatic rings. The van der Waals surface area contributed by atoms with Crippen LogP contribution in [0.2, 0.25) is 0 Å². The Balaban J connectivity index is 0.00000338. The lowest BCUT2D eigenvalue weighted by molar-refractivity contribution is 0.249. The van der Waals surface area contributed by atoms with Crippen LogP contribution in [0, 0.1) is 5.92 Å². The van der Waals surface area contributed by atoms with E-state index in [-0.39, 0.29) is 36.0 Å². The molecule has 5 heteroatoms. The van der Waals surface area contributed by atoms with Gasteiger partial charge in [0.1, 0.15) is 0 Å². The maximum absolute atomic E-state index is 9.23. The molecule has 4 nitrogen and oxygen atoms in total. The van der Waals surface area contributed by atoms with Crippen LogP contribution in [-0.2, 0) is 5.41 Å². The lowest BCUT2D eigenvalue weighted by Gasteiger charge is -2.41. The van der Waals surface area contributed by atoms with Crippen molar-refractivity contribution >= 4 is 29.9 Å². The summed E-state index contributed by atoms with van der Waals surface area (Å²) in [5.74, 6) is 1.41. The van der Waals surface area contributed by atoms with Gasteiger partial charge in [0.15, 0.2) is 5.96 Å². The van der Waals surface area contributed by atoms with Crippen LogP contribution in [0.1, 0.15) is 57.9 Å². The highest BCUT2D eigenvalue weighted by Gasteiger charge is 2.38. The van der Waals surface area contributed by atoms with E-state index >= 15 is 0 Å². The first kappa shape index (κ1) is 23.2. The highest BCUT2D eigenvalue weighted by molar-refractivity contribution is 14.0. The molecule has 0 heterocycles. The summed E-state index contributed by atoms with van der Waals surface area (Å²) in [6, 6.07) is 10.8. The van der Waals surface area contributed by atoms with Gasteiger partial charge in [-0.25, -0.2) is 0 Å². The molecule has 3 N–H and O–H groups in total. The number of aliphatic hydroxyl groups excluding tert-OH is 1. The molecular formula is C21H36IN3O. The zero-order valence-corrected chi connectivity index (χ0v) is 18.7. The van der Waals surface area contributed by atoms with Crippen LogP contribution in [0.5, 0.6) is 0 Å².